The van der Waals surface area contributed by atoms with Crippen molar-refractivity contribution in [1.82, 2.24) is 10.6 Å². The van der Waals surface area contributed by atoms with Gasteiger partial charge in [-0.1, -0.05) is 13.0 Å². The van der Waals surface area contributed by atoms with Crippen molar-refractivity contribution in [3.05, 3.63) is 23.8 Å². The maximum Gasteiger partial charge on any atom is 0.220 e. The molecule has 6 heteroatoms. The number of piperidine rings is 1. The molecule has 1 fully saturated rings. The zero-order chi connectivity index (χ0) is 16.9. The zero-order valence-electron chi connectivity index (χ0n) is 15.0. The maximum absolute atomic E-state index is 12.4. The molecule has 3 unspecified atom stereocenters. The molecule has 1 aromatic rings. The fourth-order valence-electron chi connectivity index (χ4n) is 3.54. The van der Waals surface area contributed by atoms with Gasteiger partial charge in [-0.3, -0.25) is 4.79 Å². The topological polar surface area (TPSA) is 59.6 Å². The summed E-state index contributed by atoms with van der Waals surface area (Å²) >= 11 is 0. The summed E-state index contributed by atoms with van der Waals surface area (Å²) in [6.07, 6.45) is 3.02. The molecule has 3 rings (SSSR count). The molecular weight excluding hydrogens is 340 g/mol. The molecule has 2 aliphatic heterocycles. The van der Waals surface area contributed by atoms with Gasteiger partial charge in [0, 0.05) is 6.42 Å². The van der Waals surface area contributed by atoms with E-state index < -0.39 is 0 Å². The van der Waals surface area contributed by atoms with Crippen LogP contribution in [-0.2, 0) is 4.79 Å². The number of carbonyl (C=O) groups is 1. The summed E-state index contributed by atoms with van der Waals surface area (Å²) < 4.78 is 11.2. The quantitative estimate of drug-likeness (QED) is 0.838. The van der Waals surface area contributed by atoms with Crippen LogP contribution in [0, 0.1) is 11.8 Å². The highest BCUT2D eigenvalue weighted by Gasteiger charge is 2.23. The van der Waals surface area contributed by atoms with Gasteiger partial charge in [0.05, 0.1) is 6.04 Å². The SMILES string of the molecule is CC(NC(=O)CC(C)C1CCCNC1)c1ccc2c(c1)OCCO2.Cl. The Bertz CT molecular complexity index is 576. The molecule has 0 saturated carbocycles. The summed E-state index contributed by atoms with van der Waals surface area (Å²) in [7, 11) is 0. The van der Waals surface area contributed by atoms with Crippen LogP contribution in [0.25, 0.3) is 0 Å². The Morgan fingerprint density at radius 1 is 1.28 bits per heavy atom. The molecule has 5 nitrogen and oxygen atoms in total. The van der Waals surface area contributed by atoms with Gasteiger partial charge >= 0.3 is 0 Å². The first-order valence-corrected chi connectivity index (χ1v) is 9.03. The number of halogens is 1. The summed E-state index contributed by atoms with van der Waals surface area (Å²) in [4.78, 5) is 12.4. The van der Waals surface area contributed by atoms with Crippen molar-refractivity contribution in [2.45, 2.75) is 39.2 Å². The van der Waals surface area contributed by atoms with E-state index in [9.17, 15) is 4.79 Å². The lowest BCUT2D eigenvalue weighted by Gasteiger charge is -2.28. The predicted molar refractivity (Wildman–Crippen MR) is 101 cm³/mol. The van der Waals surface area contributed by atoms with Crippen molar-refractivity contribution in [3.8, 4) is 11.5 Å². The van der Waals surface area contributed by atoms with Crippen molar-refractivity contribution >= 4 is 18.3 Å². The van der Waals surface area contributed by atoms with Crippen LogP contribution in [0.3, 0.4) is 0 Å². The second-order valence-electron chi connectivity index (χ2n) is 6.98. The highest BCUT2D eigenvalue weighted by Crippen LogP contribution is 2.32. The first-order valence-electron chi connectivity index (χ1n) is 9.03. The van der Waals surface area contributed by atoms with Crippen LogP contribution in [0.5, 0.6) is 11.5 Å². The van der Waals surface area contributed by atoms with Gasteiger partial charge in [-0.25, -0.2) is 0 Å². The van der Waals surface area contributed by atoms with Crippen molar-refractivity contribution in [2.24, 2.45) is 11.8 Å². The molecule has 1 amide bonds. The van der Waals surface area contributed by atoms with Crippen molar-refractivity contribution in [3.63, 3.8) is 0 Å². The van der Waals surface area contributed by atoms with Crippen LogP contribution >= 0.6 is 12.4 Å². The van der Waals surface area contributed by atoms with E-state index in [1.807, 2.05) is 25.1 Å². The lowest BCUT2D eigenvalue weighted by atomic mass is 9.85. The van der Waals surface area contributed by atoms with E-state index in [0.29, 0.717) is 31.5 Å². The number of hydrogen-bond acceptors (Lipinski definition) is 4. The number of benzene rings is 1. The predicted octanol–water partition coefficient (Wildman–Crippen LogP) is 3.08. The van der Waals surface area contributed by atoms with Crippen LogP contribution < -0.4 is 20.1 Å². The summed E-state index contributed by atoms with van der Waals surface area (Å²) in [6.45, 7) is 7.50. The van der Waals surface area contributed by atoms with E-state index in [4.69, 9.17) is 9.47 Å². The summed E-state index contributed by atoms with van der Waals surface area (Å²) in [5.74, 6) is 2.68. The van der Waals surface area contributed by atoms with E-state index in [-0.39, 0.29) is 24.4 Å². The lowest BCUT2D eigenvalue weighted by Crippen LogP contribution is -2.36. The second kappa shape index (κ2) is 9.30. The Labute approximate surface area is 156 Å². The Morgan fingerprint density at radius 3 is 2.76 bits per heavy atom. The standard InChI is InChI=1S/C19H28N2O3.ClH/c1-13(16-4-3-7-20-12-16)10-19(22)21-14(2)15-5-6-17-18(11-15)24-9-8-23-17;/h5-6,11,13-14,16,20H,3-4,7-10,12H2,1-2H3,(H,21,22);1H. The number of carbonyl (C=O) groups excluding carboxylic acids is 1. The molecule has 0 radical (unpaired) electrons. The van der Waals surface area contributed by atoms with E-state index >= 15 is 0 Å². The van der Waals surface area contributed by atoms with Gasteiger partial charge in [0.15, 0.2) is 11.5 Å². The third-order valence-electron chi connectivity index (χ3n) is 5.09. The maximum atomic E-state index is 12.4. The molecule has 0 spiro atoms. The lowest BCUT2D eigenvalue weighted by molar-refractivity contribution is -0.123. The molecule has 1 aromatic carbocycles. The van der Waals surface area contributed by atoms with Crippen LogP contribution in [0.1, 0.15) is 44.7 Å². The summed E-state index contributed by atoms with van der Waals surface area (Å²) in [5.41, 5.74) is 1.04. The minimum Gasteiger partial charge on any atom is -0.486 e. The molecule has 2 N–H and O–H groups in total. The minimum absolute atomic E-state index is 0. The number of rotatable bonds is 5. The average molecular weight is 369 g/mol. The van der Waals surface area contributed by atoms with Crippen LogP contribution in [0.4, 0.5) is 0 Å². The van der Waals surface area contributed by atoms with Gasteiger partial charge in [0.1, 0.15) is 13.2 Å². The molecule has 0 aliphatic carbocycles. The normalized spacial score (nSPS) is 21.6. The third kappa shape index (κ3) is 5.25. The minimum atomic E-state index is -0.0370. The number of fused-ring (bicyclic) bond motifs is 1. The van der Waals surface area contributed by atoms with Gasteiger partial charge in [-0.15, -0.1) is 12.4 Å². The molecule has 25 heavy (non-hydrogen) atoms. The Hall–Kier alpha value is -1.46. The van der Waals surface area contributed by atoms with Crippen molar-refractivity contribution in [1.29, 1.82) is 0 Å². The fraction of sp³-hybridized carbons (Fsp3) is 0.632. The zero-order valence-corrected chi connectivity index (χ0v) is 15.9. The van der Waals surface area contributed by atoms with E-state index in [1.54, 1.807) is 0 Å². The monoisotopic (exact) mass is 368 g/mol. The number of amides is 1. The van der Waals surface area contributed by atoms with Gasteiger partial charge in [-0.05, 0) is 62.4 Å². The molecule has 2 heterocycles. The Balaban J connectivity index is 0.00000225. The summed E-state index contributed by atoms with van der Waals surface area (Å²) in [6, 6.07) is 5.84. The van der Waals surface area contributed by atoms with E-state index in [1.165, 1.54) is 12.8 Å². The average Bonchev–Trinajstić information content (AvgIpc) is 2.61. The molecule has 0 aromatic heterocycles. The largest absolute Gasteiger partial charge is 0.486 e. The Kier molecular flexibility index (Phi) is 7.38. The molecule has 1 saturated heterocycles. The van der Waals surface area contributed by atoms with E-state index in [2.05, 4.69) is 17.6 Å². The van der Waals surface area contributed by atoms with Gasteiger partial charge in [0.2, 0.25) is 5.91 Å². The van der Waals surface area contributed by atoms with Crippen LogP contribution in [0.2, 0.25) is 0 Å². The summed E-state index contributed by atoms with van der Waals surface area (Å²) in [5, 5.41) is 6.54. The molecule has 140 valence electrons. The highest BCUT2D eigenvalue weighted by molar-refractivity contribution is 5.85. The number of nitrogens with one attached hydrogen (secondary N) is 2. The third-order valence-corrected chi connectivity index (χ3v) is 5.09. The highest BCUT2D eigenvalue weighted by atomic mass is 35.5. The van der Waals surface area contributed by atoms with Gasteiger partial charge in [-0.2, -0.15) is 0 Å². The van der Waals surface area contributed by atoms with Crippen molar-refractivity contribution < 1.29 is 14.3 Å². The Morgan fingerprint density at radius 2 is 2.04 bits per heavy atom. The molecule has 3 atom stereocenters. The number of hydrogen-bond donors (Lipinski definition) is 2. The van der Waals surface area contributed by atoms with E-state index in [0.717, 1.165) is 30.2 Å². The van der Waals surface area contributed by atoms with Gasteiger partial charge < -0.3 is 20.1 Å². The smallest absolute Gasteiger partial charge is 0.220 e. The number of ether oxygens (including phenoxy) is 2. The second-order valence-corrected chi connectivity index (χ2v) is 6.98. The van der Waals surface area contributed by atoms with Crippen molar-refractivity contribution in [2.75, 3.05) is 26.3 Å². The molecule has 0 bridgehead atoms. The molecular formula is C19H29ClN2O3. The van der Waals surface area contributed by atoms with Crippen LogP contribution in [-0.4, -0.2) is 32.2 Å². The fourth-order valence-corrected chi connectivity index (χ4v) is 3.54. The van der Waals surface area contributed by atoms with Gasteiger partial charge in [0.25, 0.3) is 0 Å². The van der Waals surface area contributed by atoms with Crippen LogP contribution in [0.15, 0.2) is 18.2 Å². The first-order chi connectivity index (χ1) is 11.6. The molecule has 2 aliphatic rings. The first kappa shape index (κ1) is 19.9.